The number of nitrogens with zero attached hydrogens (tertiary/aromatic N) is 2. The van der Waals surface area contributed by atoms with Gasteiger partial charge in [0.15, 0.2) is 0 Å². The first-order chi connectivity index (χ1) is 7.79. The zero-order valence-electron chi connectivity index (χ0n) is 9.63. The first-order valence-electron chi connectivity index (χ1n) is 5.98. The predicted octanol–water partition coefficient (Wildman–Crippen LogP) is 2.84. The van der Waals surface area contributed by atoms with E-state index in [0.29, 0.717) is 0 Å². The molecule has 0 atom stereocenters. The number of carbonyl (C=O) groups excluding carboxylic acids is 1. The second-order valence-electron chi connectivity index (χ2n) is 4.40. The molecule has 0 N–H and O–H groups in total. The molecule has 0 radical (unpaired) electrons. The molecular formula is C12H18N2O2. The largest absolute Gasteiger partial charge is 0.446 e. The summed E-state index contributed by atoms with van der Waals surface area (Å²) in [7, 11) is 0. The minimum absolute atomic E-state index is 0.0951. The SMILES string of the molecule is CCC1CCC(OC(=O)n2ccnc2)CC1. The van der Waals surface area contributed by atoms with E-state index in [1.807, 2.05) is 0 Å². The van der Waals surface area contributed by atoms with Gasteiger partial charge in [-0.25, -0.2) is 14.3 Å². The van der Waals surface area contributed by atoms with Gasteiger partial charge < -0.3 is 4.74 Å². The van der Waals surface area contributed by atoms with E-state index in [-0.39, 0.29) is 12.2 Å². The maximum absolute atomic E-state index is 11.6. The fourth-order valence-corrected chi connectivity index (χ4v) is 2.23. The Morgan fingerprint density at radius 1 is 1.44 bits per heavy atom. The normalized spacial score (nSPS) is 25.3. The Hall–Kier alpha value is -1.32. The van der Waals surface area contributed by atoms with Gasteiger partial charge in [0.2, 0.25) is 0 Å². The monoisotopic (exact) mass is 222 g/mol. The van der Waals surface area contributed by atoms with Crippen molar-refractivity contribution in [3.8, 4) is 0 Å². The van der Waals surface area contributed by atoms with E-state index in [2.05, 4.69) is 11.9 Å². The van der Waals surface area contributed by atoms with Gasteiger partial charge in [0.25, 0.3) is 0 Å². The van der Waals surface area contributed by atoms with Crippen LogP contribution in [-0.4, -0.2) is 21.7 Å². The topological polar surface area (TPSA) is 44.1 Å². The van der Waals surface area contributed by atoms with Crippen LogP contribution in [0.25, 0.3) is 0 Å². The molecular weight excluding hydrogens is 204 g/mol. The second kappa shape index (κ2) is 5.14. The van der Waals surface area contributed by atoms with E-state index >= 15 is 0 Å². The predicted molar refractivity (Wildman–Crippen MR) is 60.1 cm³/mol. The molecule has 2 rings (SSSR count). The molecule has 1 aromatic heterocycles. The van der Waals surface area contributed by atoms with Crippen molar-refractivity contribution < 1.29 is 9.53 Å². The smallest absolute Gasteiger partial charge is 0.419 e. The van der Waals surface area contributed by atoms with Gasteiger partial charge in [-0.2, -0.15) is 0 Å². The van der Waals surface area contributed by atoms with Gasteiger partial charge in [-0.1, -0.05) is 13.3 Å². The van der Waals surface area contributed by atoms with Crippen molar-refractivity contribution in [1.29, 1.82) is 0 Å². The van der Waals surface area contributed by atoms with E-state index in [1.54, 1.807) is 12.4 Å². The Morgan fingerprint density at radius 3 is 2.75 bits per heavy atom. The summed E-state index contributed by atoms with van der Waals surface area (Å²) in [6.07, 6.45) is 10.0. The summed E-state index contributed by atoms with van der Waals surface area (Å²) in [5, 5.41) is 0. The number of aromatic nitrogens is 2. The third-order valence-electron chi connectivity index (χ3n) is 3.35. The minimum atomic E-state index is -0.308. The summed E-state index contributed by atoms with van der Waals surface area (Å²) in [5.41, 5.74) is 0. The molecule has 1 heterocycles. The Kier molecular flexibility index (Phi) is 3.59. The van der Waals surface area contributed by atoms with E-state index in [9.17, 15) is 4.79 Å². The molecule has 0 amide bonds. The van der Waals surface area contributed by atoms with Crippen molar-refractivity contribution in [3.05, 3.63) is 18.7 Å². The molecule has 4 nitrogen and oxygen atoms in total. The first kappa shape index (κ1) is 11.2. The molecule has 1 saturated carbocycles. The van der Waals surface area contributed by atoms with Gasteiger partial charge in [0, 0.05) is 12.4 Å². The Morgan fingerprint density at radius 2 is 2.19 bits per heavy atom. The second-order valence-corrected chi connectivity index (χ2v) is 4.40. The molecule has 0 aromatic carbocycles. The van der Waals surface area contributed by atoms with Crippen molar-refractivity contribution in [1.82, 2.24) is 9.55 Å². The van der Waals surface area contributed by atoms with E-state index in [1.165, 1.54) is 30.2 Å². The van der Waals surface area contributed by atoms with Gasteiger partial charge in [-0.3, -0.25) is 0 Å². The van der Waals surface area contributed by atoms with Crippen LogP contribution in [-0.2, 0) is 4.74 Å². The zero-order valence-corrected chi connectivity index (χ0v) is 9.63. The maximum atomic E-state index is 11.6. The third-order valence-corrected chi connectivity index (χ3v) is 3.35. The van der Waals surface area contributed by atoms with Gasteiger partial charge >= 0.3 is 6.09 Å². The van der Waals surface area contributed by atoms with Crippen molar-refractivity contribution in [3.63, 3.8) is 0 Å². The van der Waals surface area contributed by atoms with Gasteiger partial charge in [-0.15, -0.1) is 0 Å². The highest BCUT2D eigenvalue weighted by Crippen LogP contribution is 2.28. The van der Waals surface area contributed by atoms with Gasteiger partial charge in [0.05, 0.1) is 0 Å². The van der Waals surface area contributed by atoms with Crippen LogP contribution in [0.15, 0.2) is 18.7 Å². The number of hydrogen-bond acceptors (Lipinski definition) is 3. The molecule has 4 heteroatoms. The van der Waals surface area contributed by atoms with Crippen LogP contribution >= 0.6 is 0 Å². The van der Waals surface area contributed by atoms with E-state index in [4.69, 9.17) is 4.74 Å². The van der Waals surface area contributed by atoms with E-state index < -0.39 is 0 Å². The summed E-state index contributed by atoms with van der Waals surface area (Å²) in [6, 6.07) is 0. The summed E-state index contributed by atoms with van der Waals surface area (Å²) >= 11 is 0. The highest BCUT2D eigenvalue weighted by molar-refractivity contribution is 5.70. The molecule has 1 aliphatic rings. The van der Waals surface area contributed by atoms with Crippen LogP contribution in [0.2, 0.25) is 0 Å². The van der Waals surface area contributed by atoms with Crippen molar-refractivity contribution in [2.45, 2.75) is 45.1 Å². The quantitative estimate of drug-likeness (QED) is 0.772. The lowest BCUT2D eigenvalue weighted by molar-refractivity contribution is 0.0648. The number of carbonyl (C=O) groups is 1. The average molecular weight is 222 g/mol. The highest BCUT2D eigenvalue weighted by atomic mass is 16.6. The zero-order chi connectivity index (χ0) is 11.4. The van der Waals surface area contributed by atoms with Gasteiger partial charge in [0.1, 0.15) is 12.4 Å². The van der Waals surface area contributed by atoms with Crippen molar-refractivity contribution in [2.24, 2.45) is 5.92 Å². The standard InChI is InChI=1S/C12H18N2O2/c1-2-10-3-5-11(6-4-10)16-12(15)14-8-7-13-9-14/h7-11H,2-6H2,1H3. The summed E-state index contributed by atoms with van der Waals surface area (Å²) in [5.74, 6) is 0.822. The number of hydrogen-bond donors (Lipinski definition) is 0. The molecule has 1 aliphatic carbocycles. The lowest BCUT2D eigenvalue weighted by Crippen LogP contribution is -2.26. The molecule has 0 aliphatic heterocycles. The molecule has 16 heavy (non-hydrogen) atoms. The summed E-state index contributed by atoms with van der Waals surface area (Å²) < 4.78 is 6.79. The third kappa shape index (κ3) is 2.62. The molecule has 0 unspecified atom stereocenters. The number of ether oxygens (including phenoxy) is 1. The van der Waals surface area contributed by atoms with Crippen molar-refractivity contribution >= 4 is 6.09 Å². The molecule has 1 aromatic rings. The van der Waals surface area contributed by atoms with Crippen LogP contribution in [0.4, 0.5) is 4.79 Å². The van der Waals surface area contributed by atoms with Crippen LogP contribution in [0, 0.1) is 5.92 Å². The van der Waals surface area contributed by atoms with Crippen LogP contribution in [0.3, 0.4) is 0 Å². The minimum Gasteiger partial charge on any atom is -0.446 e. The first-order valence-corrected chi connectivity index (χ1v) is 5.98. The fraction of sp³-hybridized carbons (Fsp3) is 0.667. The fourth-order valence-electron chi connectivity index (χ4n) is 2.23. The average Bonchev–Trinajstić information content (AvgIpc) is 2.83. The molecule has 1 fully saturated rings. The number of rotatable bonds is 2. The molecule has 0 bridgehead atoms. The van der Waals surface area contributed by atoms with Crippen LogP contribution in [0.1, 0.15) is 39.0 Å². The lowest BCUT2D eigenvalue weighted by atomic mass is 9.86. The van der Waals surface area contributed by atoms with Crippen LogP contribution in [0.5, 0.6) is 0 Å². The Labute approximate surface area is 95.6 Å². The van der Waals surface area contributed by atoms with Gasteiger partial charge in [-0.05, 0) is 31.6 Å². The summed E-state index contributed by atoms with van der Waals surface area (Å²) in [4.78, 5) is 15.4. The maximum Gasteiger partial charge on any atom is 0.419 e. The summed E-state index contributed by atoms with van der Waals surface area (Å²) in [6.45, 7) is 2.22. The van der Waals surface area contributed by atoms with Crippen molar-refractivity contribution in [2.75, 3.05) is 0 Å². The number of imidazole rings is 1. The Balaban J connectivity index is 1.81. The Bertz CT molecular complexity index is 327. The lowest BCUT2D eigenvalue weighted by Gasteiger charge is -2.27. The molecule has 0 spiro atoms. The highest BCUT2D eigenvalue weighted by Gasteiger charge is 2.23. The van der Waals surface area contributed by atoms with Crippen LogP contribution < -0.4 is 0 Å². The molecule has 0 saturated heterocycles. The molecule has 88 valence electrons. The van der Waals surface area contributed by atoms with E-state index in [0.717, 1.165) is 18.8 Å².